The zero-order valence-electron chi connectivity index (χ0n) is 14.5. The van der Waals surface area contributed by atoms with E-state index in [2.05, 4.69) is 42.0 Å². The van der Waals surface area contributed by atoms with E-state index in [1.54, 1.807) is 0 Å². The largest absolute Gasteiger partial charge is 0.465 e. The summed E-state index contributed by atoms with van der Waals surface area (Å²) in [5.41, 5.74) is 1.27. The molecule has 0 saturated carbocycles. The van der Waals surface area contributed by atoms with Crippen molar-refractivity contribution in [3.63, 3.8) is 0 Å². The SMILES string of the molecule is CCN(CC)CCCN(CC)Cc1cc(CNC)c(C)o1. The van der Waals surface area contributed by atoms with Gasteiger partial charge in [-0.3, -0.25) is 4.90 Å². The van der Waals surface area contributed by atoms with E-state index in [1.165, 1.54) is 18.5 Å². The van der Waals surface area contributed by atoms with Crippen molar-refractivity contribution in [2.45, 2.75) is 47.2 Å². The summed E-state index contributed by atoms with van der Waals surface area (Å²) in [6.45, 7) is 16.2. The molecule has 0 saturated heterocycles. The number of hydrogen-bond donors (Lipinski definition) is 1. The summed E-state index contributed by atoms with van der Waals surface area (Å²) < 4.78 is 5.88. The topological polar surface area (TPSA) is 31.6 Å². The number of nitrogens with one attached hydrogen (secondary N) is 1. The highest BCUT2D eigenvalue weighted by molar-refractivity contribution is 5.20. The molecule has 0 amide bonds. The molecule has 4 nitrogen and oxygen atoms in total. The van der Waals surface area contributed by atoms with Crippen molar-refractivity contribution in [1.29, 1.82) is 0 Å². The Morgan fingerprint density at radius 3 is 2.24 bits per heavy atom. The van der Waals surface area contributed by atoms with Gasteiger partial charge in [0.25, 0.3) is 0 Å². The maximum atomic E-state index is 5.88. The summed E-state index contributed by atoms with van der Waals surface area (Å²) in [6, 6.07) is 2.19. The van der Waals surface area contributed by atoms with E-state index >= 15 is 0 Å². The molecule has 0 aliphatic rings. The van der Waals surface area contributed by atoms with Gasteiger partial charge >= 0.3 is 0 Å². The zero-order valence-corrected chi connectivity index (χ0v) is 14.5. The maximum absolute atomic E-state index is 5.88. The third-order valence-electron chi connectivity index (χ3n) is 4.11. The Morgan fingerprint density at radius 1 is 1.05 bits per heavy atom. The maximum Gasteiger partial charge on any atom is 0.118 e. The van der Waals surface area contributed by atoms with Crippen molar-refractivity contribution in [1.82, 2.24) is 15.1 Å². The molecular weight excluding hydrogens is 262 g/mol. The van der Waals surface area contributed by atoms with Gasteiger partial charge in [0.2, 0.25) is 0 Å². The van der Waals surface area contributed by atoms with Crippen molar-refractivity contribution < 1.29 is 4.42 Å². The van der Waals surface area contributed by atoms with Gasteiger partial charge in [-0.15, -0.1) is 0 Å². The third kappa shape index (κ3) is 6.20. The molecule has 1 heterocycles. The quantitative estimate of drug-likeness (QED) is 0.680. The van der Waals surface area contributed by atoms with Crippen LogP contribution in [0.2, 0.25) is 0 Å². The normalized spacial score (nSPS) is 11.8. The van der Waals surface area contributed by atoms with Gasteiger partial charge in [-0.05, 0) is 59.2 Å². The standard InChI is InChI=1S/C17H33N3O/c1-6-19(7-2)10-9-11-20(8-3)14-17-12-16(13-18-5)15(4)21-17/h12,18H,6-11,13-14H2,1-5H3. The lowest BCUT2D eigenvalue weighted by molar-refractivity contribution is 0.225. The van der Waals surface area contributed by atoms with E-state index in [0.29, 0.717) is 0 Å². The monoisotopic (exact) mass is 295 g/mol. The molecule has 4 heteroatoms. The second kappa shape index (κ2) is 9.98. The second-order valence-electron chi connectivity index (χ2n) is 5.57. The van der Waals surface area contributed by atoms with Gasteiger partial charge < -0.3 is 14.6 Å². The minimum Gasteiger partial charge on any atom is -0.465 e. The Bertz CT molecular complexity index is 385. The van der Waals surface area contributed by atoms with E-state index in [4.69, 9.17) is 4.42 Å². The Hall–Kier alpha value is -0.840. The first-order valence-electron chi connectivity index (χ1n) is 8.31. The fourth-order valence-electron chi connectivity index (χ4n) is 2.66. The Labute approximate surface area is 130 Å². The van der Waals surface area contributed by atoms with Gasteiger partial charge in [0, 0.05) is 12.1 Å². The van der Waals surface area contributed by atoms with Crippen LogP contribution < -0.4 is 5.32 Å². The summed E-state index contributed by atoms with van der Waals surface area (Å²) >= 11 is 0. The molecule has 0 unspecified atom stereocenters. The lowest BCUT2D eigenvalue weighted by Gasteiger charge is -2.22. The molecule has 0 bridgehead atoms. The Balaban J connectivity index is 2.44. The van der Waals surface area contributed by atoms with Crippen molar-refractivity contribution in [3.05, 3.63) is 23.2 Å². The van der Waals surface area contributed by atoms with Crippen LogP contribution in [0.4, 0.5) is 0 Å². The van der Waals surface area contributed by atoms with Crippen LogP contribution in [0.25, 0.3) is 0 Å². The lowest BCUT2D eigenvalue weighted by Crippen LogP contribution is -2.29. The molecule has 0 aromatic carbocycles. The van der Waals surface area contributed by atoms with E-state index in [-0.39, 0.29) is 0 Å². The van der Waals surface area contributed by atoms with E-state index in [1.807, 2.05) is 14.0 Å². The minimum atomic E-state index is 0.878. The molecule has 0 atom stereocenters. The van der Waals surface area contributed by atoms with Gasteiger partial charge in [0.1, 0.15) is 11.5 Å². The molecule has 122 valence electrons. The summed E-state index contributed by atoms with van der Waals surface area (Å²) in [5, 5.41) is 3.19. The zero-order chi connectivity index (χ0) is 15.7. The number of rotatable bonds is 11. The first-order chi connectivity index (χ1) is 10.1. The smallest absolute Gasteiger partial charge is 0.118 e. The van der Waals surface area contributed by atoms with Crippen LogP contribution in [-0.4, -0.2) is 49.6 Å². The van der Waals surface area contributed by atoms with E-state index < -0.39 is 0 Å². The summed E-state index contributed by atoms with van der Waals surface area (Å²) in [5.74, 6) is 2.13. The summed E-state index contributed by atoms with van der Waals surface area (Å²) in [4.78, 5) is 4.95. The van der Waals surface area contributed by atoms with Gasteiger partial charge in [-0.1, -0.05) is 20.8 Å². The van der Waals surface area contributed by atoms with Crippen LogP contribution in [0, 0.1) is 6.92 Å². The molecule has 0 radical (unpaired) electrons. The van der Waals surface area contributed by atoms with Crippen molar-refractivity contribution in [3.8, 4) is 0 Å². The predicted molar refractivity (Wildman–Crippen MR) is 89.6 cm³/mol. The fourth-order valence-corrected chi connectivity index (χ4v) is 2.66. The number of hydrogen-bond acceptors (Lipinski definition) is 4. The molecule has 21 heavy (non-hydrogen) atoms. The average molecular weight is 295 g/mol. The van der Waals surface area contributed by atoms with Gasteiger partial charge in [0.05, 0.1) is 6.54 Å². The fraction of sp³-hybridized carbons (Fsp3) is 0.765. The van der Waals surface area contributed by atoms with Gasteiger partial charge in [-0.25, -0.2) is 0 Å². The molecular formula is C17H33N3O. The lowest BCUT2D eigenvalue weighted by atomic mass is 10.2. The molecule has 1 aromatic rings. The average Bonchev–Trinajstić information content (AvgIpc) is 2.82. The predicted octanol–water partition coefficient (Wildman–Crippen LogP) is 2.86. The highest BCUT2D eigenvalue weighted by Gasteiger charge is 2.11. The first-order valence-corrected chi connectivity index (χ1v) is 8.31. The second-order valence-corrected chi connectivity index (χ2v) is 5.57. The van der Waals surface area contributed by atoms with Gasteiger partial charge in [0.15, 0.2) is 0 Å². The molecule has 1 aromatic heterocycles. The minimum absolute atomic E-state index is 0.878. The van der Waals surface area contributed by atoms with Crippen molar-refractivity contribution in [2.75, 3.05) is 39.8 Å². The van der Waals surface area contributed by atoms with Gasteiger partial charge in [-0.2, -0.15) is 0 Å². The van der Waals surface area contributed by atoms with Crippen LogP contribution in [0.5, 0.6) is 0 Å². The Morgan fingerprint density at radius 2 is 1.67 bits per heavy atom. The Kier molecular flexibility index (Phi) is 8.66. The number of aryl methyl sites for hydroxylation is 1. The number of furan rings is 1. The van der Waals surface area contributed by atoms with Crippen LogP contribution in [0.3, 0.4) is 0 Å². The highest BCUT2D eigenvalue weighted by Crippen LogP contribution is 2.16. The van der Waals surface area contributed by atoms with Crippen LogP contribution in [-0.2, 0) is 13.1 Å². The summed E-state index contributed by atoms with van der Waals surface area (Å²) in [7, 11) is 1.97. The van der Waals surface area contributed by atoms with Crippen LogP contribution in [0.1, 0.15) is 44.3 Å². The van der Waals surface area contributed by atoms with E-state index in [0.717, 1.165) is 50.8 Å². The van der Waals surface area contributed by atoms with Crippen LogP contribution in [0.15, 0.2) is 10.5 Å². The first kappa shape index (κ1) is 18.2. The molecule has 1 rings (SSSR count). The molecule has 0 spiro atoms. The van der Waals surface area contributed by atoms with Crippen molar-refractivity contribution in [2.24, 2.45) is 0 Å². The molecule has 1 N–H and O–H groups in total. The van der Waals surface area contributed by atoms with Crippen molar-refractivity contribution >= 4 is 0 Å². The third-order valence-corrected chi connectivity index (χ3v) is 4.11. The molecule has 0 aliphatic carbocycles. The van der Waals surface area contributed by atoms with Crippen LogP contribution >= 0.6 is 0 Å². The highest BCUT2D eigenvalue weighted by atomic mass is 16.3. The molecule has 0 fully saturated rings. The summed E-state index contributed by atoms with van der Waals surface area (Å²) in [6.07, 6.45) is 1.22. The van der Waals surface area contributed by atoms with E-state index in [9.17, 15) is 0 Å². The number of nitrogens with zero attached hydrogens (tertiary/aromatic N) is 2. The molecule has 0 aliphatic heterocycles.